The van der Waals surface area contributed by atoms with Gasteiger partial charge in [-0.3, -0.25) is 4.90 Å². The van der Waals surface area contributed by atoms with Crippen LogP contribution in [-0.4, -0.2) is 63.4 Å². The van der Waals surface area contributed by atoms with Crippen molar-refractivity contribution >= 4 is 17.3 Å². The lowest BCUT2D eigenvalue weighted by Gasteiger charge is -2.26. The second kappa shape index (κ2) is 12.6. The second-order valence-electron chi connectivity index (χ2n) is 7.48. The predicted molar refractivity (Wildman–Crippen MR) is 125 cm³/mol. The standard InChI is InChI=1S/C23H34N4O2S/c1-3-24-23(25-16-19(2)21-7-14-30-18-21)26-17-20-5-4-6-22(15-20)29-13-10-27-8-11-28-12-9-27/h4-7,14-15,18-19H,3,8-13,16-17H2,1-2H3,(H2,24,25,26). The molecule has 1 saturated heterocycles. The monoisotopic (exact) mass is 430 g/mol. The van der Waals surface area contributed by atoms with E-state index in [2.05, 4.69) is 58.3 Å². The predicted octanol–water partition coefficient (Wildman–Crippen LogP) is 3.32. The Kier molecular flexibility index (Phi) is 9.47. The minimum absolute atomic E-state index is 0.448. The van der Waals surface area contributed by atoms with Gasteiger partial charge in [-0.1, -0.05) is 19.1 Å². The highest BCUT2D eigenvalue weighted by Gasteiger charge is 2.10. The molecule has 3 rings (SSSR count). The van der Waals surface area contributed by atoms with Gasteiger partial charge in [0, 0.05) is 32.7 Å². The van der Waals surface area contributed by atoms with Crippen LogP contribution in [0.2, 0.25) is 0 Å². The fourth-order valence-electron chi connectivity index (χ4n) is 3.29. The molecule has 0 saturated carbocycles. The van der Waals surface area contributed by atoms with E-state index in [0.29, 0.717) is 19.1 Å². The SMILES string of the molecule is CCNC(=NCc1cccc(OCCN2CCOCC2)c1)NCC(C)c1ccsc1. The van der Waals surface area contributed by atoms with Gasteiger partial charge in [0.05, 0.1) is 19.8 Å². The molecule has 6 nitrogen and oxygen atoms in total. The summed E-state index contributed by atoms with van der Waals surface area (Å²) in [6.45, 7) is 11.9. The number of morpholine rings is 1. The van der Waals surface area contributed by atoms with Crippen molar-refractivity contribution in [2.24, 2.45) is 4.99 Å². The van der Waals surface area contributed by atoms with Gasteiger partial charge in [-0.05, 0) is 52.9 Å². The zero-order valence-electron chi connectivity index (χ0n) is 18.1. The first-order chi connectivity index (χ1) is 14.7. The van der Waals surface area contributed by atoms with Crippen LogP contribution in [0.25, 0.3) is 0 Å². The molecular formula is C23H34N4O2S. The lowest BCUT2D eigenvalue weighted by molar-refractivity contribution is 0.0322. The molecule has 164 valence electrons. The molecule has 0 radical (unpaired) electrons. The van der Waals surface area contributed by atoms with Crippen LogP contribution < -0.4 is 15.4 Å². The molecule has 0 amide bonds. The van der Waals surface area contributed by atoms with Crippen LogP contribution >= 0.6 is 11.3 Å². The molecule has 2 N–H and O–H groups in total. The van der Waals surface area contributed by atoms with Crippen LogP contribution in [0.5, 0.6) is 5.75 Å². The van der Waals surface area contributed by atoms with Gasteiger partial charge in [-0.25, -0.2) is 4.99 Å². The molecule has 0 aliphatic carbocycles. The molecule has 1 fully saturated rings. The van der Waals surface area contributed by atoms with Gasteiger partial charge < -0.3 is 20.1 Å². The summed E-state index contributed by atoms with van der Waals surface area (Å²) in [5.74, 6) is 2.20. The Hall–Kier alpha value is -2.09. The number of thiophene rings is 1. The van der Waals surface area contributed by atoms with Crippen molar-refractivity contribution in [3.05, 3.63) is 52.2 Å². The molecule has 1 aromatic carbocycles. The summed E-state index contributed by atoms with van der Waals surface area (Å²) >= 11 is 1.74. The highest BCUT2D eigenvalue weighted by molar-refractivity contribution is 7.07. The summed E-state index contributed by atoms with van der Waals surface area (Å²) in [6.07, 6.45) is 0. The van der Waals surface area contributed by atoms with Gasteiger partial charge in [0.2, 0.25) is 0 Å². The maximum atomic E-state index is 5.96. The largest absolute Gasteiger partial charge is 0.492 e. The summed E-state index contributed by atoms with van der Waals surface area (Å²) < 4.78 is 11.4. The Morgan fingerprint density at radius 1 is 1.27 bits per heavy atom. The van der Waals surface area contributed by atoms with Crippen LogP contribution in [0, 0.1) is 0 Å². The number of nitrogens with zero attached hydrogens (tertiary/aromatic N) is 2. The fraction of sp³-hybridized carbons (Fsp3) is 0.522. The minimum atomic E-state index is 0.448. The number of benzene rings is 1. The Bertz CT molecular complexity index is 760. The molecule has 2 heterocycles. The van der Waals surface area contributed by atoms with E-state index in [9.17, 15) is 0 Å². The summed E-state index contributed by atoms with van der Waals surface area (Å²) in [4.78, 5) is 7.13. The Labute approximate surface area is 184 Å². The number of hydrogen-bond donors (Lipinski definition) is 2. The maximum Gasteiger partial charge on any atom is 0.191 e. The van der Waals surface area contributed by atoms with Crippen LogP contribution in [0.15, 0.2) is 46.1 Å². The van der Waals surface area contributed by atoms with Crippen molar-refractivity contribution in [3.8, 4) is 5.75 Å². The number of ether oxygens (including phenoxy) is 2. The van der Waals surface area contributed by atoms with E-state index in [1.807, 2.05) is 12.1 Å². The average Bonchev–Trinajstić information content (AvgIpc) is 3.32. The molecule has 0 bridgehead atoms. The fourth-order valence-corrected chi connectivity index (χ4v) is 4.07. The molecule has 1 aliphatic heterocycles. The van der Waals surface area contributed by atoms with E-state index < -0.39 is 0 Å². The number of nitrogens with one attached hydrogen (secondary N) is 2. The first-order valence-electron chi connectivity index (χ1n) is 10.8. The van der Waals surface area contributed by atoms with Gasteiger partial charge in [-0.2, -0.15) is 11.3 Å². The first-order valence-corrected chi connectivity index (χ1v) is 11.7. The zero-order chi connectivity index (χ0) is 21.0. The van der Waals surface area contributed by atoms with Crippen molar-refractivity contribution in [3.63, 3.8) is 0 Å². The Balaban J connectivity index is 1.47. The molecule has 0 spiro atoms. The van der Waals surface area contributed by atoms with Crippen molar-refractivity contribution in [2.75, 3.05) is 52.5 Å². The highest BCUT2D eigenvalue weighted by atomic mass is 32.1. The van der Waals surface area contributed by atoms with E-state index in [1.54, 1.807) is 11.3 Å². The van der Waals surface area contributed by atoms with Gasteiger partial charge in [0.1, 0.15) is 12.4 Å². The van der Waals surface area contributed by atoms with Gasteiger partial charge in [0.15, 0.2) is 5.96 Å². The molecule has 1 unspecified atom stereocenters. The number of rotatable bonds is 10. The summed E-state index contributed by atoms with van der Waals surface area (Å²) in [7, 11) is 0. The van der Waals surface area contributed by atoms with Crippen LogP contribution in [0.1, 0.15) is 30.9 Å². The van der Waals surface area contributed by atoms with E-state index in [1.165, 1.54) is 5.56 Å². The normalized spacial score (nSPS) is 16.3. The van der Waals surface area contributed by atoms with E-state index in [0.717, 1.165) is 63.2 Å². The van der Waals surface area contributed by atoms with E-state index in [4.69, 9.17) is 14.5 Å². The lowest BCUT2D eigenvalue weighted by atomic mass is 10.1. The Morgan fingerprint density at radius 3 is 2.90 bits per heavy atom. The van der Waals surface area contributed by atoms with Gasteiger partial charge in [0.25, 0.3) is 0 Å². The number of guanidine groups is 1. The third kappa shape index (κ3) is 7.63. The van der Waals surface area contributed by atoms with Gasteiger partial charge >= 0.3 is 0 Å². The van der Waals surface area contributed by atoms with Crippen LogP contribution in [0.4, 0.5) is 0 Å². The molecule has 1 aliphatic rings. The maximum absolute atomic E-state index is 5.96. The lowest BCUT2D eigenvalue weighted by Crippen LogP contribution is -2.39. The second-order valence-corrected chi connectivity index (χ2v) is 8.26. The molecule has 7 heteroatoms. The summed E-state index contributed by atoms with van der Waals surface area (Å²) in [5.41, 5.74) is 2.51. The summed E-state index contributed by atoms with van der Waals surface area (Å²) in [5, 5.41) is 11.1. The van der Waals surface area contributed by atoms with Crippen molar-refractivity contribution in [1.29, 1.82) is 0 Å². The van der Waals surface area contributed by atoms with Gasteiger partial charge in [-0.15, -0.1) is 0 Å². The zero-order valence-corrected chi connectivity index (χ0v) is 18.9. The average molecular weight is 431 g/mol. The Morgan fingerprint density at radius 2 is 2.13 bits per heavy atom. The third-order valence-corrected chi connectivity index (χ3v) is 5.83. The van der Waals surface area contributed by atoms with Crippen molar-refractivity contribution < 1.29 is 9.47 Å². The van der Waals surface area contributed by atoms with Crippen molar-refractivity contribution in [2.45, 2.75) is 26.3 Å². The molecule has 30 heavy (non-hydrogen) atoms. The van der Waals surface area contributed by atoms with Crippen LogP contribution in [-0.2, 0) is 11.3 Å². The first kappa shape index (κ1) is 22.6. The number of aliphatic imine (C=N–C) groups is 1. The van der Waals surface area contributed by atoms with Crippen molar-refractivity contribution in [1.82, 2.24) is 15.5 Å². The smallest absolute Gasteiger partial charge is 0.191 e. The number of hydrogen-bond acceptors (Lipinski definition) is 5. The minimum Gasteiger partial charge on any atom is -0.492 e. The molecular weight excluding hydrogens is 396 g/mol. The van der Waals surface area contributed by atoms with E-state index in [-0.39, 0.29) is 0 Å². The van der Waals surface area contributed by atoms with Crippen LogP contribution in [0.3, 0.4) is 0 Å². The topological polar surface area (TPSA) is 58.1 Å². The highest BCUT2D eigenvalue weighted by Crippen LogP contribution is 2.17. The van der Waals surface area contributed by atoms with E-state index >= 15 is 0 Å². The molecule has 1 atom stereocenters. The molecule has 1 aromatic heterocycles. The quantitative estimate of drug-likeness (QED) is 0.447. The summed E-state index contributed by atoms with van der Waals surface area (Å²) in [6, 6.07) is 10.4. The molecule has 2 aromatic rings. The third-order valence-electron chi connectivity index (χ3n) is 5.13.